The number of halogens is 1. The molecule has 1 N–H and O–H groups in total. The van der Waals surface area contributed by atoms with Crippen LogP contribution in [0, 0.1) is 0 Å². The van der Waals surface area contributed by atoms with Crippen LogP contribution in [-0.2, 0) is 15.8 Å². The Labute approximate surface area is 148 Å². The zero-order chi connectivity index (χ0) is 17.0. The Hall–Kier alpha value is -1.56. The van der Waals surface area contributed by atoms with Gasteiger partial charge in [-0.1, -0.05) is 41.9 Å². The molecule has 0 saturated carbocycles. The zero-order valence-corrected chi connectivity index (χ0v) is 14.9. The van der Waals surface area contributed by atoms with Crippen molar-refractivity contribution in [2.24, 2.45) is 0 Å². The molecule has 0 radical (unpaired) electrons. The van der Waals surface area contributed by atoms with Crippen molar-refractivity contribution < 1.29 is 8.42 Å². The molecule has 0 aliphatic carbocycles. The van der Waals surface area contributed by atoms with E-state index < -0.39 is 10.0 Å². The third kappa shape index (κ3) is 4.50. The van der Waals surface area contributed by atoms with Crippen LogP contribution in [0.3, 0.4) is 0 Å². The lowest BCUT2D eigenvalue weighted by atomic mass is 10.2. The molecule has 24 heavy (non-hydrogen) atoms. The highest BCUT2D eigenvalue weighted by atomic mass is 35.5. The molecule has 0 bridgehead atoms. The standard InChI is InChI=1S/C18H21ClN2O2S/c19-16-7-4-6-15(12-16)14-24(22,23)20-13-18-10-5-11-21(18)17-8-2-1-3-9-17/h1-4,6-9,12,18,20H,5,10-11,13-14H2. The van der Waals surface area contributed by atoms with E-state index in [2.05, 4.69) is 21.8 Å². The summed E-state index contributed by atoms with van der Waals surface area (Å²) in [4.78, 5) is 2.28. The van der Waals surface area contributed by atoms with Gasteiger partial charge >= 0.3 is 0 Å². The number of rotatable bonds is 6. The Morgan fingerprint density at radius 1 is 1.12 bits per heavy atom. The van der Waals surface area contributed by atoms with Crippen molar-refractivity contribution in [3.63, 3.8) is 0 Å². The summed E-state index contributed by atoms with van der Waals surface area (Å²) in [5.41, 5.74) is 1.84. The molecular formula is C18H21ClN2O2S. The minimum atomic E-state index is -3.38. The predicted molar refractivity (Wildman–Crippen MR) is 98.9 cm³/mol. The minimum Gasteiger partial charge on any atom is -0.367 e. The van der Waals surface area contributed by atoms with E-state index in [-0.39, 0.29) is 11.8 Å². The molecule has 0 aromatic heterocycles. The van der Waals surface area contributed by atoms with Gasteiger partial charge in [-0.15, -0.1) is 0 Å². The van der Waals surface area contributed by atoms with E-state index in [1.54, 1.807) is 24.3 Å². The lowest BCUT2D eigenvalue weighted by molar-refractivity contribution is 0.566. The molecule has 4 nitrogen and oxygen atoms in total. The summed E-state index contributed by atoms with van der Waals surface area (Å²) < 4.78 is 27.4. The second-order valence-corrected chi connectivity index (χ2v) is 8.31. The smallest absolute Gasteiger partial charge is 0.215 e. The Kier molecular flexibility index (Phi) is 5.43. The molecule has 1 aliphatic heterocycles. The van der Waals surface area contributed by atoms with E-state index in [4.69, 9.17) is 11.6 Å². The summed E-state index contributed by atoms with van der Waals surface area (Å²) in [7, 11) is -3.38. The molecule has 1 atom stereocenters. The summed E-state index contributed by atoms with van der Waals surface area (Å²) in [6.07, 6.45) is 2.07. The molecule has 3 rings (SSSR count). The molecule has 0 spiro atoms. The van der Waals surface area contributed by atoms with Crippen LogP contribution in [0.25, 0.3) is 0 Å². The maximum absolute atomic E-state index is 12.3. The molecule has 128 valence electrons. The molecule has 2 aromatic carbocycles. The topological polar surface area (TPSA) is 49.4 Å². The van der Waals surface area contributed by atoms with Crippen molar-refractivity contribution in [3.8, 4) is 0 Å². The lowest BCUT2D eigenvalue weighted by Gasteiger charge is -2.27. The maximum atomic E-state index is 12.3. The van der Waals surface area contributed by atoms with Gasteiger partial charge in [-0.25, -0.2) is 13.1 Å². The summed E-state index contributed by atoms with van der Waals surface area (Å²) in [5, 5.41) is 0.550. The average Bonchev–Trinajstić information content (AvgIpc) is 3.02. The number of benzene rings is 2. The van der Waals surface area contributed by atoms with Gasteiger partial charge in [0.2, 0.25) is 10.0 Å². The van der Waals surface area contributed by atoms with Gasteiger partial charge in [0.05, 0.1) is 5.75 Å². The molecule has 1 saturated heterocycles. The molecule has 0 amide bonds. The fraction of sp³-hybridized carbons (Fsp3) is 0.333. The van der Waals surface area contributed by atoms with Crippen molar-refractivity contribution in [3.05, 3.63) is 65.2 Å². The quantitative estimate of drug-likeness (QED) is 0.854. The van der Waals surface area contributed by atoms with E-state index in [1.807, 2.05) is 18.2 Å². The first kappa shape index (κ1) is 17.3. The molecule has 6 heteroatoms. The van der Waals surface area contributed by atoms with Gasteiger partial charge < -0.3 is 4.90 Å². The van der Waals surface area contributed by atoms with Crippen molar-refractivity contribution in [1.29, 1.82) is 0 Å². The number of nitrogens with zero attached hydrogens (tertiary/aromatic N) is 1. The van der Waals surface area contributed by atoms with Crippen LogP contribution >= 0.6 is 11.6 Å². The molecular weight excluding hydrogens is 344 g/mol. The van der Waals surface area contributed by atoms with Gasteiger partial charge in [-0.3, -0.25) is 0 Å². The highest BCUT2D eigenvalue weighted by molar-refractivity contribution is 7.88. The van der Waals surface area contributed by atoms with Crippen LogP contribution in [0.2, 0.25) is 5.02 Å². The van der Waals surface area contributed by atoms with Crippen molar-refractivity contribution in [2.75, 3.05) is 18.0 Å². The fourth-order valence-corrected chi connectivity index (χ4v) is 4.51. The van der Waals surface area contributed by atoms with Gasteiger partial charge in [-0.05, 0) is 42.7 Å². The van der Waals surface area contributed by atoms with Gasteiger partial charge in [0.25, 0.3) is 0 Å². The van der Waals surface area contributed by atoms with Gasteiger partial charge in [0, 0.05) is 29.8 Å². The van der Waals surface area contributed by atoms with Crippen LogP contribution in [0.5, 0.6) is 0 Å². The first-order chi connectivity index (χ1) is 11.5. The van der Waals surface area contributed by atoms with E-state index in [9.17, 15) is 8.42 Å². The highest BCUT2D eigenvalue weighted by Crippen LogP contribution is 2.25. The van der Waals surface area contributed by atoms with Crippen LogP contribution in [-0.4, -0.2) is 27.5 Å². The number of nitrogens with one attached hydrogen (secondary N) is 1. The number of hydrogen-bond acceptors (Lipinski definition) is 3. The lowest BCUT2D eigenvalue weighted by Crippen LogP contribution is -2.40. The second kappa shape index (κ2) is 7.55. The fourth-order valence-electron chi connectivity index (χ4n) is 3.13. The number of hydrogen-bond donors (Lipinski definition) is 1. The summed E-state index contributed by atoms with van der Waals surface area (Å²) in [6.45, 7) is 1.39. The Bertz CT molecular complexity index is 781. The summed E-state index contributed by atoms with van der Waals surface area (Å²) in [5.74, 6) is -0.0500. The number of sulfonamides is 1. The predicted octanol–water partition coefficient (Wildman–Crippen LogP) is 3.43. The Morgan fingerprint density at radius 3 is 2.67 bits per heavy atom. The highest BCUT2D eigenvalue weighted by Gasteiger charge is 2.26. The third-order valence-corrected chi connectivity index (χ3v) is 5.80. The monoisotopic (exact) mass is 364 g/mol. The van der Waals surface area contributed by atoms with Crippen LogP contribution < -0.4 is 9.62 Å². The van der Waals surface area contributed by atoms with E-state index >= 15 is 0 Å². The average molecular weight is 365 g/mol. The van der Waals surface area contributed by atoms with E-state index in [0.717, 1.165) is 25.1 Å². The molecule has 1 fully saturated rings. The van der Waals surface area contributed by atoms with Crippen molar-refractivity contribution >= 4 is 27.3 Å². The Morgan fingerprint density at radius 2 is 1.92 bits per heavy atom. The number of para-hydroxylation sites is 1. The van der Waals surface area contributed by atoms with Gasteiger partial charge in [-0.2, -0.15) is 0 Å². The number of anilines is 1. The summed E-state index contributed by atoms with van der Waals surface area (Å²) >= 11 is 5.92. The van der Waals surface area contributed by atoms with Crippen LogP contribution in [0.1, 0.15) is 18.4 Å². The SMILES string of the molecule is O=S(=O)(Cc1cccc(Cl)c1)NCC1CCCN1c1ccccc1. The first-order valence-electron chi connectivity index (χ1n) is 8.07. The normalized spacial score (nSPS) is 18.0. The van der Waals surface area contributed by atoms with Gasteiger partial charge in [0.1, 0.15) is 0 Å². The van der Waals surface area contributed by atoms with Crippen molar-refractivity contribution in [1.82, 2.24) is 4.72 Å². The maximum Gasteiger partial charge on any atom is 0.215 e. The zero-order valence-electron chi connectivity index (χ0n) is 13.4. The van der Waals surface area contributed by atoms with Crippen LogP contribution in [0.15, 0.2) is 54.6 Å². The largest absolute Gasteiger partial charge is 0.367 e. The Balaban J connectivity index is 1.61. The second-order valence-electron chi connectivity index (χ2n) is 6.06. The molecule has 2 aromatic rings. The third-order valence-electron chi connectivity index (χ3n) is 4.25. The van der Waals surface area contributed by atoms with E-state index in [0.29, 0.717) is 17.1 Å². The van der Waals surface area contributed by atoms with Crippen LogP contribution in [0.4, 0.5) is 5.69 Å². The van der Waals surface area contributed by atoms with Crippen molar-refractivity contribution in [2.45, 2.75) is 24.6 Å². The molecule has 1 aliphatic rings. The van der Waals surface area contributed by atoms with Gasteiger partial charge in [0.15, 0.2) is 0 Å². The van der Waals surface area contributed by atoms with E-state index in [1.165, 1.54) is 0 Å². The first-order valence-corrected chi connectivity index (χ1v) is 10.1. The molecule has 1 heterocycles. The minimum absolute atomic E-state index is 0.0500. The molecule has 1 unspecified atom stereocenters. The summed E-state index contributed by atoms with van der Waals surface area (Å²) in [6, 6.07) is 17.3.